The maximum Gasteiger partial charge on any atom is 0.311 e. The van der Waals surface area contributed by atoms with Crippen molar-refractivity contribution in [3.8, 4) is 0 Å². The number of aliphatic carboxylic acids is 2. The van der Waals surface area contributed by atoms with Crippen LogP contribution in [-0.2, 0) is 16.1 Å². The Kier molecular flexibility index (Phi) is 6.10. The highest BCUT2D eigenvalue weighted by Gasteiger charge is 2.35. The van der Waals surface area contributed by atoms with Crippen LogP contribution < -0.4 is 10.6 Å². The number of carboxylic acids is 2. The van der Waals surface area contributed by atoms with E-state index < -0.39 is 23.8 Å². The third-order valence-corrected chi connectivity index (χ3v) is 3.28. The number of benzene rings is 1. The zero-order valence-electron chi connectivity index (χ0n) is 11.6. The molecule has 0 aliphatic carbocycles. The van der Waals surface area contributed by atoms with Crippen molar-refractivity contribution in [1.82, 2.24) is 10.6 Å². The van der Waals surface area contributed by atoms with E-state index in [2.05, 4.69) is 10.6 Å². The lowest BCUT2D eigenvalue weighted by Crippen LogP contribution is -2.45. The highest BCUT2D eigenvalue weighted by atomic mass is 32.1. The molecule has 1 unspecified atom stereocenters. The standard InChI is InChI=1S/C14H18N2O4S/c1-14(12(19)20,7-11(17)18)9-16-13(21)15-8-10-5-3-2-4-6-10/h2-6H,7-9H2,1H3,(H,17,18)(H,19,20)(H2,15,16,21). The van der Waals surface area contributed by atoms with Gasteiger partial charge in [-0.2, -0.15) is 0 Å². The summed E-state index contributed by atoms with van der Waals surface area (Å²) in [5, 5.41) is 23.9. The van der Waals surface area contributed by atoms with Crippen LogP contribution in [0.5, 0.6) is 0 Å². The van der Waals surface area contributed by atoms with Gasteiger partial charge in [-0.25, -0.2) is 0 Å². The largest absolute Gasteiger partial charge is 0.481 e. The Hall–Kier alpha value is -2.15. The highest BCUT2D eigenvalue weighted by molar-refractivity contribution is 7.80. The SMILES string of the molecule is CC(CNC(=S)NCc1ccccc1)(CC(=O)O)C(=O)O. The van der Waals surface area contributed by atoms with Gasteiger partial charge in [0.15, 0.2) is 5.11 Å². The van der Waals surface area contributed by atoms with E-state index in [-0.39, 0.29) is 11.7 Å². The van der Waals surface area contributed by atoms with Gasteiger partial charge in [0.25, 0.3) is 0 Å². The first kappa shape index (κ1) is 16.9. The average Bonchev–Trinajstić information content (AvgIpc) is 2.43. The second-order valence-electron chi connectivity index (χ2n) is 4.96. The van der Waals surface area contributed by atoms with Crippen molar-refractivity contribution in [3.05, 3.63) is 35.9 Å². The van der Waals surface area contributed by atoms with Crippen molar-refractivity contribution in [2.75, 3.05) is 6.54 Å². The molecule has 0 heterocycles. The molecule has 0 radical (unpaired) electrons. The van der Waals surface area contributed by atoms with E-state index in [4.69, 9.17) is 22.4 Å². The molecule has 1 aromatic carbocycles. The van der Waals surface area contributed by atoms with Gasteiger partial charge in [0, 0.05) is 13.1 Å². The summed E-state index contributed by atoms with van der Waals surface area (Å²) < 4.78 is 0. The fraction of sp³-hybridized carbons (Fsp3) is 0.357. The molecule has 0 spiro atoms. The minimum absolute atomic E-state index is 0.0603. The Bertz CT molecular complexity index is 521. The van der Waals surface area contributed by atoms with Crippen LogP contribution in [-0.4, -0.2) is 33.8 Å². The van der Waals surface area contributed by atoms with Gasteiger partial charge in [-0.05, 0) is 24.7 Å². The molecule has 4 N–H and O–H groups in total. The smallest absolute Gasteiger partial charge is 0.311 e. The van der Waals surface area contributed by atoms with Crippen LogP contribution in [0.4, 0.5) is 0 Å². The molecule has 0 amide bonds. The van der Waals surface area contributed by atoms with Crippen LogP contribution in [0.25, 0.3) is 0 Å². The molecule has 114 valence electrons. The summed E-state index contributed by atoms with van der Waals surface area (Å²) in [5.41, 5.74) is -0.377. The molecule has 0 saturated heterocycles. The van der Waals surface area contributed by atoms with Crippen molar-refractivity contribution >= 4 is 29.3 Å². The van der Waals surface area contributed by atoms with E-state index >= 15 is 0 Å². The summed E-state index contributed by atoms with van der Waals surface area (Å²) in [6.45, 7) is 1.82. The second kappa shape index (κ2) is 7.58. The van der Waals surface area contributed by atoms with Gasteiger partial charge in [-0.3, -0.25) is 9.59 Å². The van der Waals surface area contributed by atoms with E-state index in [0.717, 1.165) is 5.56 Å². The van der Waals surface area contributed by atoms with Crippen molar-refractivity contribution in [2.24, 2.45) is 5.41 Å². The molecule has 0 saturated carbocycles. The van der Waals surface area contributed by atoms with Crippen LogP contribution in [0.1, 0.15) is 18.9 Å². The average molecular weight is 310 g/mol. The molecule has 1 rings (SSSR count). The first-order valence-corrected chi connectivity index (χ1v) is 6.75. The molecule has 0 bridgehead atoms. The van der Waals surface area contributed by atoms with Crippen molar-refractivity contribution in [3.63, 3.8) is 0 Å². The molecular weight excluding hydrogens is 292 g/mol. The lowest BCUT2D eigenvalue weighted by atomic mass is 9.87. The lowest BCUT2D eigenvalue weighted by Gasteiger charge is -2.24. The van der Waals surface area contributed by atoms with Crippen LogP contribution in [0, 0.1) is 5.41 Å². The van der Waals surface area contributed by atoms with E-state index in [1.54, 1.807) is 0 Å². The monoisotopic (exact) mass is 310 g/mol. The number of carboxylic acid groups (broad SMARTS) is 2. The summed E-state index contributed by atoms with van der Waals surface area (Å²) in [7, 11) is 0. The Morgan fingerprint density at radius 2 is 1.81 bits per heavy atom. The molecule has 0 fully saturated rings. The summed E-state index contributed by atoms with van der Waals surface area (Å²) in [6, 6.07) is 9.58. The first-order valence-electron chi connectivity index (χ1n) is 6.34. The summed E-state index contributed by atoms with van der Waals surface area (Å²) >= 11 is 5.06. The number of hydrogen-bond donors (Lipinski definition) is 4. The van der Waals surface area contributed by atoms with Gasteiger partial charge < -0.3 is 20.8 Å². The zero-order chi connectivity index (χ0) is 15.9. The van der Waals surface area contributed by atoms with Crippen molar-refractivity contribution in [2.45, 2.75) is 19.9 Å². The van der Waals surface area contributed by atoms with Crippen LogP contribution >= 0.6 is 12.2 Å². The van der Waals surface area contributed by atoms with Gasteiger partial charge in [0.1, 0.15) is 0 Å². The molecule has 0 aromatic heterocycles. The maximum atomic E-state index is 11.2. The molecule has 6 nitrogen and oxygen atoms in total. The molecule has 1 aromatic rings. The third kappa shape index (κ3) is 5.78. The quantitative estimate of drug-likeness (QED) is 0.562. The Morgan fingerprint density at radius 3 is 2.33 bits per heavy atom. The molecule has 1 atom stereocenters. The van der Waals surface area contributed by atoms with E-state index in [0.29, 0.717) is 6.54 Å². The second-order valence-corrected chi connectivity index (χ2v) is 5.37. The van der Waals surface area contributed by atoms with Crippen molar-refractivity contribution < 1.29 is 19.8 Å². The minimum atomic E-state index is -1.41. The normalized spacial score (nSPS) is 13.0. The van der Waals surface area contributed by atoms with Crippen LogP contribution in [0.2, 0.25) is 0 Å². The number of carbonyl (C=O) groups is 2. The van der Waals surface area contributed by atoms with Gasteiger partial charge in [0.2, 0.25) is 0 Å². The third-order valence-electron chi connectivity index (χ3n) is 2.99. The maximum absolute atomic E-state index is 11.2. The Balaban J connectivity index is 2.47. The number of nitrogens with one attached hydrogen (secondary N) is 2. The van der Waals surface area contributed by atoms with Crippen LogP contribution in [0.3, 0.4) is 0 Å². The highest BCUT2D eigenvalue weighted by Crippen LogP contribution is 2.20. The molecular formula is C14H18N2O4S. The molecule has 21 heavy (non-hydrogen) atoms. The predicted molar refractivity (Wildman–Crippen MR) is 81.9 cm³/mol. The summed E-state index contributed by atoms with van der Waals surface area (Å²) in [4.78, 5) is 21.9. The Morgan fingerprint density at radius 1 is 1.19 bits per heavy atom. The minimum Gasteiger partial charge on any atom is -0.481 e. The topological polar surface area (TPSA) is 98.7 Å². The van der Waals surface area contributed by atoms with Gasteiger partial charge in [0.05, 0.1) is 11.8 Å². The number of hydrogen-bond acceptors (Lipinski definition) is 3. The molecule has 0 aliphatic heterocycles. The lowest BCUT2D eigenvalue weighted by molar-refractivity contribution is -0.154. The molecule has 7 heteroatoms. The van der Waals surface area contributed by atoms with Gasteiger partial charge in [-0.15, -0.1) is 0 Å². The Labute approximate surface area is 128 Å². The van der Waals surface area contributed by atoms with E-state index in [1.165, 1.54) is 6.92 Å². The van der Waals surface area contributed by atoms with E-state index in [9.17, 15) is 9.59 Å². The van der Waals surface area contributed by atoms with Crippen LogP contribution in [0.15, 0.2) is 30.3 Å². The van der Waals surface area contributed by atoms with Gasteiger partial charge >= 0.3 is 11.9 Å². The zero-order valence-corrected chi connectivity index (χ0v) is 12.4. The fourth-order valence-corrected chi connectivity index (χ4v) is 1.81. The number of thiocarbonyl (C=S) groups is 1. The number of rotatable bonds is 7. The predicted octanol–water partition coefficient (Wildman–Crippen LogP) is 1.22. The van der Waals surface area contributed by atoms with Gasteiger partial charge in [-0.1, -0.05) is 30.3 Å². The van der Waals surface area contributed by atoms with Crippen molar-refractivity contribution in [1.29, 1.82) is 0 Å². The molecule has 0 aliphatic rings. The van der Waals surface area contributed by atoms with E-state index in [1.807, 2.05) is 30.3 Å². The first-order chi connectivity index (χ1) is 9.83. The fourth-order valence-electron chi connectivity index (χ4n) is 1.66. The summed E-state index contributed by atoms with van der Waals surface area (Å²) in [6.07, 6.45) is -0.476. The summed E-state index contributed by atoms with van der Waals surface area (Å²) in [5.74, 6) is -2.34.